The Morgan fingerprint density at radius 2 is 1.68 bits per heavy atom. The third-order valence-corrected chi connectivity index (χ3v) is 4.25. The average molecular weight is 346 g/mol. The first-order valence-corrected chi connectivity index (χ1v) is 8.45. The van der Waals surface area contributed by atoms with Crippen LogP contribution in [0.5, 0.6) is 0 Å². The highest BCUT2D eigenvalue weighted by molar-refractivity contribution is 6.13. The molecule has 6 nitrogen and oxygen atoms in total. The molecule has 0 unspecified atom stereocenters. The van der Waals surface area contributed by atoms with Crippen molar-refractivity contribution in [1.82, 2.24) is 0 Å². The van der Waals surface area contributed by atoms with Gasteiger partial charge in [-0.25, -0.2) is 0 Å². The van der Waals surface area contributed by atoms with E-state index in [1.165, 1.54) is 9.80 Å². The second-order valence-corrected chi connectivity index (χ2v) is 7.35. The summed E-state index contributed by atoms with van der Waals surface area (Å²) in [4.78, 5) is 40.3. The molecule has 25 heavy (non-hydrogen) atoms. The standard InChI is InChI=1S/C19H26N2O4/c1-7-25-17(23)11-20-14-8-12(2)13(3)9-15(14)21(10-16(20)22)18(24)19(4,5)6/h8-9H,7,10-11H2,1-6H3. The number of hydrogen-bond acceptors (Lipinski definition) is 4. The first-order chi connectivity index (χ1) is 11.6. The Bertz CT molecular complexity index is 719. The van der Waals surface area contributed by atoms with Gasteiger partial charge in [0.1, 0.15) is 13.1 Å². The van der Waals surface area contributed by atoms with Gasteiger partial charge in [0.15, 0.2) is 0 Å². The quantitative estimate of drug-likeness (QED) is 0.789. The number of aryl methyl sites for hydroxylation is 2. The molecule has 0 radical (unpaired) electrons. The van der Waals surface area contributed by atoms with Crippen molar-refractivity contribution in [3.05, 3.63) is 23.3 Å². The summed E-state index contributed by atoms with van der Waals surface area (Å²) in [5.74, 6) is -0.877. The zero-order chi connectivity index (χ0) is 18.9. The number of anilines is 2. The minimum Gasteiger partial charge on any atom is -0.465 e. The smallest absolute Gasteiger partial charge is 0.326 e. The summed E-state index contributed by atoms with van der Waals surface area (Å²) in [5.41, 5.74) is 2.64. The van der Waals surface area contributed by atoms with Crippen molar-refractivity contribution < 1.29 is 19.1 Å². The summed E-state index contributed by atoms with van der Waals surface area (Å²) < 4.78 is 4.98. The number of fused-ring (bicyclic) bond motifs is 1. The van der Waals surface area contributed by atoms with Gasteiger partial charge in [-0.15, -0.1) is 0 Å². The highest BCUT2D eigenvalue weighted by atomic mass is 16.5. The SMILES string of the molecule is CCOC(=O)CN1C(=O)CN(C(=O)C(C)(C)C)c2cc(C)c(C)cc21. The molecular formula is C19H26N2O4. The number of esters is 1. The molecule has 0 atom stereocenters. The van der Waals surface area contributed by atoms with Gasteiger partial charge < -0.3 is 9.64 Å². The van der Waals surface area contributed by atoms with Crippen LogP contribution >= 0.6 is 0 Å². The van der Waals surface area contributed by atoms with Crippen molar-refractivity contribution in [2.45, 2.75) is 41.5 Å². The molecule has 0 spiro atoms. The van der Waals surface area contributed by atoms with Crippen LogP contribution in [0.1, 0.15) is 38.8 Å². The number of nitrogens with zero attached hydrogens (tertiary/aromatic N) is 2. The van der Waals surface area contributed by atoms with Gasteiger partial charge in [0, 0.05) is 5.41 Å². The van der Waals surface area contributed by atoms with Gasteiger partial charge >= 0.3 is 5.97 Å². The zero-order valence-corrected chi connectivity index (χ0v) is 15.8. The van der Waals surface area contributed by atoms with Gasteiger partial charge in [-0.3, -0.25) is 19.3 Å². The van der Waals surface area contributed by atoms with E-state index in [0.29, 0.717) is 11.4 Å². The Balaban J connectivity index is 2.52. The van der Waals surface area contributed by atoms with Gasteiger partial charge in [0.2, 0.25) is 11.8 Å². The van der Waals surface area contributed by atoms with E-state index < -0.39 is 11.4 Å². The van der Waals surface area contributed by atoms with E-state index >= 15 is 0 Å². The lowest BCUT2D eigenvalue weighted by Crippen LogP contribution is -2.52. The molecule has 1 heterocycles. The van der Waals surface area contributed by atoms with Crippen LogP contribution in [0.4, 0.5) is 11.4 Å². The van der Waals surface area contributed by atoms with Gasteiger partial charge in [-0.1, -0.05) is 20.8 Å². The predicted octanol–water partition coefficient (Wildman–Crippen LogP) is 2.59. The van der Waals surface area contributed by atoms with E-state index in [4.69, 9.17) is 4.74 Å². The summed E-state index contributed by atoms with van der Waals surface area (Å²) >= 11 is 0. The Labute approximate surface area is 148 Å². The number of carbonyl (C=O) groups is 3. The summed E-state index contributed by atoms with van der Waals surface area (Å²) in [7, 11) is 0. The van der Waals surface area contributed by atoms with Crippen molar-refractivity contribution in [3.63, 3.8) is 0 Å². The average Bonchev–Trinajstić information content (AvgIpc) is 2.50. The summed E-state index contributed by atoms with van der Waals surface area (Å²) in [6.07, 6.45) is 0. The molecule has 1 aromatic carbocycles. The molecular weight excluding hydrogens is 320 g/mol. The van der Waals surface area contributed by atoms with Crippen molar-refractivity contribution in [2.24, 2.45) is 5.41 Å². The Hall–Kier alpha value is -2.37. The molecule has 1 aliphatic heterocycles. The first kappa shape index (κ1) is 19.0. The highest BCUT2D eigenvalue weighted by Gasteiger charge is 2.37. The molecule has 1 aromatic rings. The van der Waals surface area contributed by atoms with Crippen LogP contribution in [0.25, 0.3) is 0 Å². The number of amides is 2. The molecule has 0 N–H and O–H groups in total. The Morgan fingerprint density at radius 3 is 2.20 bits per heavy atom. The molecule has 0 bridgehead atoms. The van der Waals surface area contributed by atoms with Crippen LogP contribution in [0.3, 0.4) is 0 Å². The normalized spacial score (nSPS) is 14.4. The third-order valence-electron chi connectivity index (χ3n) is 4.25. The monoisotopic (exact) mass is 346 g/mol. The maximum atomic E-state index is 12.8. The molecule has 2 amide bonds. The maximum absolute atomic E-state index is 12.8. The lowest BCUT2D eigenvalue weighted by Gasteiger charge is -2.38. The predicted molar refractivity (Wildman–Crippen MR) is 96.7 cm³/mol. The topological polar surface area (TPSA) is 66.9 Å². The number of rotatable bonds is 3. The minimum atomic E-state index is -0.611. The van der Waals surface area contributed by atoms with Crippen LogP contribution in [0, 0.1) is 19.3 Å². The second-order valence-electron chi connectivity index (χ2n) is 7.35. The molecule has 0 fully saturated rings. The van der Waals surface area contributed by atoms with Crippen LogP contribution in [-0.4, -0.2) is 37.5 Å². The number of hydrogen-bond donors (Lipinski definition) is 0. The van der Waals surface area contributed by atoms with Gasteiger partial charge in [-0.2, -0.15) is 0 Å². The van der Waals surface area contributed by atoms with Gasteiger partial charge in [-0.05, 0) is 44.0 Å². The van der Waals surface area contributed by atoms with E-state index in [-0.39, 0.29) is 31.5 Å². The molecule has 0 saturated carbocycles. The van der Waals surface area contributed by atoms with Gasteiger partial charge in [0.05, 0.1) is 18.0 Å². The second kappa shape index (κ2) is 6.86. The van der Waals surface area contributed by atoms with Crippen molar-refractivity contribution in [3.8, 4) is 0 Å². The molecule has 0 saturated heterocycles. The fraction of sp³-hybridized carbons (Fsp3) is 0.526. The first-order valence-electron chi connectivity index (χ1n) is 8.45. The number of benzene rings is 1. The van der Waals surface area contributed by atoms with Crippen LogP contribution < -0.4 is 9.80 Å². The molecule has 2 rings (SSSR count). The van der Waals surface area contributed by atoms with Crippen LogP contribution in [0.15, 0.2) is 12.1 Å². The summed E-state index contributed by atoms with van der Waals surface area (Å²) in [6.45, 7) is 11.1. The van der Waals surface area contributed by atoms with Crippen molar-refractivity contribution in [2.75, 3.05) is 29.5 Å². The lowest BCUT2D eigenvalue weighted by atomic mass is 9.93. The Morgan fingerprint density at radius 1 is 1.12 bits per heavy atom. The summed E-state index contributed by atoms with van der Waals surface area (Å²) in [6, 6.07) is 3.75. The Kier molecular flexibility index (Phi) is 5.20. The molecule has 6 heteroatoms. The molecule has 136 valence electrons. The van der Waals surface area contributed by atoms with Crippen molar-refractivity contribution >= 4 is 29.2 Å². The molecule has 1 aliphatic rings. The van der Waals surface area contributed by atoms with Crippen molar-refractivity contribution in [1.29, 1.82) is 0 Å². The van der Waals surface area contributed by atoms with Crippen LogP contribution in [-0.2, 0) is 19.1 Å². The van der Waals surface area contributed by atoms with E-state index in [1.807, 2.05) is 46.8 Å². The van der Waals surface area contributed by atoms with E-state index in [1.54, 1.807) is 6.92 Å². The zero-order valence-electron chi connectivity index (χ0n) is 15.8. The highest BCUT2D eigenvalue weighted by Crippen LogP contribution is 2.38. The molecule has 0 aromatic heterocycles. The van der Waals surface area contributed by atoms with E-state index in [2.05, 4.69) is 0 Å². The maximum Gasteiger partial charge on any atom is 0.326 e. The number of ether oxygens (including phenoxy) is 1. The lowest BCUT2D eigenvalue weighted by molar-refractivity contribution is -0.142. The minimum absolute atomic E-state index is 0.0784. The third kappa shape index (κ3) is 3.83. The fourth-order valence-electron chi connectivity index (χ4n) is 2.75. The number of carbonyl (C=O) groups excluding carboxylic acids is 3. The van der Waals surface area contributed by atoms with E-state index in [0.717, 1.165) is 11.1 Å². The molecule has 0 aliphatic carbocycles. The summed E-state index contributed by atoms with van der Waals surface area (Å²) in [5, 5.41) is 0. The van der Waals surface area contributed by atoms with Crippen LogP contribution in [0.2, 0.25) is 0 Å². The van der Waals surface area contributed by atoms with E-state index in [9.17, 15) is 14.4 Å². The largest absolute Gasteiger partial charge is 0.465 e. The fourth-order valence-corrected chi connectivity index (χ4v) is 2.75. The van der Waals surface area contributed by atoms with Gasteiger partial charge in [0.25, 0.3) is 0 Å².